The van der Waals surface area contributed by atoms with Crippen molar-refractivity contribution in [3.63, 3.8) is 0 Å². The van der Waals surface area contributed by atoms with Crippen LogP contribution in [0.25, 0.3) is 17.1 Å². The van der Waals surface area contributed by atoms with Gasteiger partial charge in [0, 0.05) is 21.3 Å². The first kappa shape index (κ1) is 20.1. The van der Waals surface area contributed by atoms with Crippen LogP contribution in [0.3, 0.4) is 0 Å². The summed E-state index contributed by atoms with van der Waals surface area (Å²) in [5.74, 6) is 0.170. The van der Waals surface area contributed by atoms with Gasteiger partial charge in [-0.2, -0.15) is 0 Å². The van der Waals surface area contributed by atoms with Gasteiger partial charge in [0.1, 0.15) is 0 Å². The molecule has 0 aliphatic carbocycles. The summed E-state index contributed by atoms with van der Waals surface area (Å²) in [5, 5.41) is 8.46. The standard InChI is InChI=1S/C23H18Cl2N4O/c1-14-6-11-20(12-15(14)2)29-22(16-4-3-5-18(25)13-16)27-21(28-29)23(30)26-19-9-7-17(24)8-10-19/h3-13H,1-2H3,(H,26,30). The molecule has 1 aromatic heterocycles. The van der Waals surface area contributed by atoms with Crippen LogP contribution in [0, 0.1) is 13.8 Å². The maximum atomic E-state index is 12.8. The molecule has 5 nitrogen and oxygen atoms in total. The lowest BCUT2D eigenvalue weighted by Gasteiger charge is -2.08. The number of carbonyl (C=O) groups is 1. The number of aryl methyl sites for hydroxylation is 2. The van der Waals surface area contributed by atoms with Crippen molar-refractivity contribution in [2.24, 2.45) is 0 Å². The number of hydrogen-bond acceptors (Lipinski definition) is 3. The fourth-order valence-corrected chi connectivity index (χ4v) is 3.30. The Balaban J connectivity index is 1.77. The molecule has 0 unspecified atom stereocenters. The van der Waals surface area contributed by atoms with E-state index in [1.807, 2.05) is 44.2 Å². The van der Waals surface area contributed by atoms with Gasteiger partial charge in [0.15, 0.2) is 5.82 Å². The minimum absolute atomic E-state index is 0.0538. The van der Waals surface area contributed by atoms with E-state index in [0.717, 1.165) is 16.8 Å². The summed E-state index contributed by atoms with van der Waals surface area (Å²) in [4.78, 5) is 17.3. The molecule has 4 rings (SSSR count). The molecule has 0 spiro atoms. The van der Waals surface area contributed by atoms with Gasteiger partial charge in [-0.05, 0) is 73.5 Å². The first-order valence-electron chi connectivity index (χ1n) is 9.28. The van der Waals surface area contributed by atoms with E-state index >= 15 is 0 Å². The smallest absolute Gasteiger partial charge is 0.295 e. The van der Waals surface area contributed by atoms with Gasteiger partial charge in [0.25, 0.3) is 5.91 Å². The van der Waals surface area contributed by atoms with Crippen LogP contribution in [-0.4, -0.2) is 20.7 Å². The number of halogens is 2. The Morgan fingerprint density at radius 2 is 1.67 bits per heavy atom. The normalized spacial score (nSPS) is 10.8. The number of amides is 1. The van der Waals surface area contributed by atoms with E-state index in [0.29, 0.717) is 21.6 Å². The second-order valence-corrected chi connectivity index (χ2v) is 7.78. The third kappa shape index (κ3) is 4.22. The van der Waals surface area contributed by atoms with Gasteiger partial charge in [-0.25, -0.2) is 9.67 Å². The topological polar surface area (TPSA) is 59.8 Å². The van der Waals surface area contributed by atoms with Crippen molar-refractivity contribution < 1.29 is 4.79 Å². The van der Waals surface area contributed by atoms with E-state index < -0.39 is 5.91 Å². The maximum absolute atomic E-state index is 12.8. The van der Waals surface area contributed by atoms with Crippen LogP contribution >= 0.6 is 23.2 Å². The lowest BCUT2D eigenvalue weighted by Crippen LogP contribution is -2.14. The van der Waals surface area contributed by atoms with Crippen LogP contribution < -0.4 is 5.32 Å². The molecule has 0 saturated heterocycles. The minimum atomic E-state index is -0.414. The molecule has 0 fully saturated rings. The minimum Gasteiger partial charge on any atom is -0.319 e. The summed E-state index contributed by atoms with van der Waals surface area (Å²) in [7, 11) is 0. The number of nitrogens with one attached hydrogen (secondary N) is 1. The Morgan fingerprint density at radius 3 is 2.37 bits per heavy atom. The molecule has 0 aliphatic heterocycles. The van der Waals surface area contributed by atoms with Crippen molar-refractivity contribution in [2.75, 3.05) is 5.32 Å². The summed E-state index contributed by atoms with van der Waals surface area (Å²) >= 11 is 12.1. The summed E-state index contributed by atoms with van der Waals surface area (Å²) in [6.07, 6.45) is 0. The zero-order valence-electron chi connectivity index (χ0n) is 16.4. The molecular weight excluding hydrogens is 419 g/mol. The highest BCUT2D eigenvalue weighted by molar-refractivity contribution is 6.31. The number of nitrogens with zero attached hydrogens (tertiary/aromatic N) is 3. The number of aromatic nitrogens is 3. The van der Waals surface area contributed by atoms with Gasteiger partial charge in [0.05, 0.1) is 5.69 Å². The summed E-state index contributed by atoms with van der Waals surface area (Å²) in [5.41, 5.74) is 4.47. The molecule has 0 atom stereocenters. The van der Waals surface area contributed by atoms with Crippen LogP contribution in [0.1, 0.15) is 21.7 Å². The number of carbonyl (C=O) groups excluding carboxylic acids is 1. The van der Waals surface area contributed by atoms with Crippen molar-refractivity contribution >= 4 is 34.8 Å². The van der Waals surface area contributed by atoms with Crippen LogP contribution in [0.15, 0.2) is 66.7 Å². The molecular formula is C23H18Cl2N4O. The van der Waals surface area contributed by atoms with Gasteiger partial charge in [0.2, 0.25) is 5.82 Å². The predicted molar refractivity (Wildman–Crippen MR) is 121 cm³/mol. The van der Waals surface area contributed by atoms with Crippen LogP contribution in [0.4, 0.5) is 5.69 Å². The van der Waals surface area contributed by atoms with Gasteiger partial charge in [-0.1, -0.05) is 41.4 Å². The number of benzene rings is 3. The highest BCUT2D eigenvalue weighted by atomic mass is 35.5. The van der Waals surface area contributed by atoms with E-state index in [1.54, 1.807) is 41.1 Å². The van der Waals surface area contributed by atoms with E-state index in [1.165, 1.54) is 5.56 Å². The number of rotatable bonds is 4. The average molecular weight is 437 g/mol. The third-order valence-corrected chi connectivity index (χ3v) is 5.22. The molecule has 1 heterocycles. The molecule has 7 heteroatoms. The Hall–Kier alpha value is -3.15. The van der Waals surface area contributed by atoms with E-state index in [-0.39, 0.29) is 5.82 Å². The van der Waals surface area contributed by atoms with Gasteiger partial charge < -0.3 is 5.32 Å². The first-order valence-corrected chi connectivity index (χ1v) is 10.0. The van der Waals surface area contributed by atoms with E-state index in [2.05, 4.69) is 15.4 Å². The van der Waals surface area contributed by atoms with Gasteiger partial charge in [-0.15, -0.1) is 5.10 Å². The molecule has 1 N–H and O–H groups in total. The van der Waals surface area contributed by atoms with E-state index in [9.17, 15) is 4.79 Å². The molecule has 30 heavy (non-hydrogen) atoms. The second-order valence-electron chi connectivity index (χ2n) is 6.91. The molecule has 0 aliphatic rings. The lowest BCUT2D eigenvalue weighted by atomic mass is 10.1. The zero-order chi connectivity index (χ0) is 21.3. The van der Waals surface area contributed by atoms with Crippen molar-refractivity contribution in [1.82, 2.24) is 14.8 Å². The molecule has 1 amide bonds. The molecule has 4 aromatic rings. The Morgan fingerprint density at radius 1 is 0.900 bits per heavy atom. The van der Waals surface area contributed by atoms with Crippen molar-refractivity contribution in [3.05, 3.63) is 93.7 Å². The Labute approximate surface area is 184 Å². The SMILES string of the molecule is Cc1ccc(-n2nc(C(=O)Nc3ccc(Cl)cc3)nc2-c2cccc(Cl)c2)cc1C. The lowest BCUT2D eigenvalue weighted by molar-refractivity contribution is 0.101. The quantitative estimate of drug-likeness (QED) is 0.419. The summed E-state index contributed by atoms with van der Waals surface area (Å²) in [6, 6.07) is 20.1. The first-order chi connectivity index (χ1) is 14.4. The largest absolute Gasteiger partial charge is 0.319 e. The van der Waals surface area contributed by atoms with E-state index in [4.69, 9.17) is 23.2 Å². The molecule has 0 bridgehead atoms. The second kappa shape index (κ2) is 8.30. The van der Waals surface area contributed by atoms with Crippen molar-refractivity contribution in [2.45, 2.75) is 13.8 Å². The molecule has 0 radical (unpaired) electrons. The molecule has 3 aromatic carbocycles. The summed E-state index contributed by atoms with van der Waals surface area (Å²) < 4.78 is 1.66. The van der Waals surface area contributed by atoms with Gasteiger partial charge in [-0.3, -0.25) is 4.79 Å². The van der Waals surface area contributed by atoms with Crippen LogP contribution in [0.5, 0.6) is 0 Å². The summed E-state index contributed by atoms with van der Waals surface area (Å²) in [6.45, 7) is 4.08. The average Bonchev–Trinajstić information content (AvgIpc) is 3.17. The highest BCUT2D eigenvalue weighted by Gasteiger charge is 2.19. The molecule has 150 valence electrons. The van der Waals surface area contributed by atoms with Crippen LogP contribution in [0.2, 0.25) is 10.0 Å². The monoisotopic (exact) mass is 436 g/mol. The maximum Gasteiger partial charge on any atom is 0.295 e. The Bertz CT molecular complexity index is 1230. The zero-order valence-corrected chi connectivity index (χ0v) is 17.9. The van der Waals surface area contributed by atoms with Gasteiger partial charge >= 0.3 is 0 Å². The third-order valence-electron chi connectivity index (χ3n) is 4.73. The highest BCUT2D eigenvalue weighted by Crippen LogP contribution is 2.25. The predicted octanol–water partition coefficient (Wildman–Crippen LogP) is 6.11. The number of anilines is 1. The Kier molecular flexibility index (Phi) is 5.57. The molecule has 0 saturated carbocycles. The fourth-order valence-electron chi connectivity index (χ4n) is 2.98. The van der Waals surface area contributed by atoms with Crippen molar-refractivity contribution in [3.8, 4) is 17.1 Å². The van der Waals surface area contributed by atoms with Crippen LogP contribution in [-0.2, 0) is 0 Å². The fraction of sp³-hybridized carbons (Fsp3) is 0.0870. The van der Waals surface area contributed by atoms with Crippen molar-refractivity contribution in [1.29, 1.82) is 0 Å². The number of hydrogen-bond donors (Lipinski definition) is 1.